The van der Waals surface area contributed by atoms with Crippen molar-refractivity contribution in [3.05, 3.63) is 102 Å². The van der Waals surface area contributed by atoms with Crippen LogP contribution >= 0.6 is 0 Å². The Morgan fingerprint density at radius 2 is 0.927 bits per heavy atom. The molecule has 5 aromatic carbocycles. The third-order valence-electron chi connectivity index (χ3n) is 9.81. The second kappa shape index (κ2) is 7.34. The number of benzene rings is 5. The highest BCUT2D eigenvalue weighted by Crippen LogP contribution is 2.43. The van der Waals surface area contributed by atoms with Crippen LogP contribution in [-0.4, -0.2) is 15.8 Å². The normalized spacial score (nSPS) is 14.0. The average molecular weight is 529 g/mol. The highest BCUT2D eigenvalue weighted by Gasteiger charge is 2.41. The van der Waals surface area contributed by atoms with Gasteiger partial charge in [0.2, 0.25) is 0 Å². The Kier molecular flexibility index (Phi) is 4.20. The molecule has 0 unspecified atom stereocenters. The number of para-hydroxylation sites is 2. The van der Waals surface area contributed by atoms with E-state index in [0.29, 0.717) is 0 Å². The van der Waals surface area contributed by atoms with E-state index in [-0.39, 0.29) is 17.5 Å². The molecular weight excluding hydrogens is 495 g/mol. The topological polar surface area (TPSA) is 9.86 Å². The van der Waals surface area contributed by atoms with Crippen LogP contribution in [0.15, 0.2) is 91.0 Å². The van der Waals surface area contributed by atoms with E-state index in [9.17, 15) is 0 Å². The van der Waals surface area contributed by atoms with Crippen LogP contribution in [0, 0.1) is 0 Å². The summed E-state index contributed by atoms with van der Waals surface area (Å²) in [6.45, 7) is 14.1. The van der Waals surface area contributed by atoms with Crippen molar-refractivity contribution in [2.45, 2.75) is 52.4 Å². The Bertz CT molecular complexity index is 2120. The summed E-state index contributed by atoms with van der Waals surface area (Å²) < 4.78 is 5.13. The van der Waals surface area contributed by atoms with Gasteiger partial charge in [-0.25, -0.2) is 0 Å². The molecule has 0 saturated carbocycles. The minimum absolute atomic E-state index is 0.0815. The van der Waals surface area contributed by atoms with E-state index >= 15 is 0 Å². The largest absolute Gasteiger partial charge is 0.310 e. The van der Waals surface area contributed by atoms with Crippen LogP contribution < -0.4 is 16.4 Å². The number of hydrogen-bond acceptors (Lipinski definition) is 0. The Morgan fingerprint density at radius 1 is 0.488 bits per heavy atom. The fraction of sp³-hybridized carbons (Fsp3) is 0.211. The predicted molar refractivity (Wildman–Crippen MR) is 177 cm³/mol. The van der Waals surface area contributed by atoms with Crippen LogP contribution in [0.2, 0.25) is 0 Å². The first-order valence-corrected chi connectivity index (χ1v) is 14.9. The summed E-state index contributed by atoms with van der Waals surface area (Å²) >= 11 is 0. The van der Waals surface area contributed by atoms with E-state index in [4.69, 9.17) is 0 Å². The average Bonchev–Trinajstić information content (AvgIpc) is 3.46. The first-order chi connectivity index (χ1) is 19.6. The van der Waals surface area contributed by atoms with E-state index in [1.165, 1.54) is 82.5 Å². The Labute approximate surface area is 241 Å². The lowest BCUT2D eigenvalue weighted by Gasteiger charge is -2.32. The zero-order valence-corrected chi connectivity index (χ0v) is 24.6. The minimum atomic E-state index is 0.0815. The molecule has 0 amide bonds. The molecule has 0 fully saturated rings. The molecule has 3 heteroatoms. The monoisotopic (exact) mass is 528 g/mol. The molecule has 0 spiro atoms. The first kappa shape index (κ1) is 23.5. The summed E-state index contributed by atoms with van der Waals surface area (Å²) in [5.74, 6) is 0. The minimum Gasteiger partial charge on any atom is -0.310 e. The maximum atomic E-state index is 2.56. The van der Waals surface area contributed by atoms with Gasteiger partial charge in [-0.1, -0.05) is 90.1 Å². The standard InChI is InChI=1S/C38H33BN2/c1-37(2,3)22-15-17-30-24(19-22)26-21-27-25-20-23(38(4,5)6)16-18-31(25)41-33-14-10-8-12-29(33)39-28-11-7-9-13-32(28)40(30)35(26)34(39)36(27)41/h7-21H,1-6H3. The van der Waals surface area contributed by atoms with Crippen molar-refractivity contribution >= 4 is 66.7 Å². The van der Waals surface area contributed by atoms with Gasteiger partial charge in [0, 0.05) is 32.9 Å². The maximum Gasteiger partial charge on any atom is 0.252 e. The fourth-order valence-electron chi connectivity index (χ4n) is 7.77. The second-order valence-electron chi connectivity index (χ2n) is 14.3. The summed E-state index contributed by atoms with van der Waals surface area (Å²) in [5, 5.41) is 5.45. The van der Waals surface area contributed by atoms with Gasteiger partial charge in [0.25, 0.3) is 6.71 Å². The van der Waals surface area contributed by atoms with Gasteiger partial charge in [-0.2, -0.15) is 0 Å². The molecule has 41 heavy (non-hydrogen) atoms. The molecule has 4 heterocycles. The lowest BCUT2D eigenvalue weighted by molar-refractivity contribution is 0.591. The molecule has 198 valence electrons. The Morgan fingerprint density at radius 3 is 1.37 bits per heavy atom. The van der Waals surface area contributed by atoms with Crippen molar-refractivity contribution in [3.8, 4) is 11.4 Å². The van der Waals surface area contributed by atoms with Gasteiger partial charge < -0.3 is 9.13 Å². The van der Waals surface area contributed by atoms with Gasteiger partial charge >= 0.3 is 0 Å². The number of fused-ring (bicyclic) bond motifs is 12. The van der Waals surface area contributed by atoms with Crippen LogP contribution in [0.1, 0.15) is 52.7 Å². The molecule has 2 nitrogen and oxygen atoms in total. The lowest BCUT2D eigenvalue weighted by atomic mass is 9.34. The molecule has 0 aliphatic carbocycles. The van der Waals surface area contributed by atoms with Crippen molar-refractivity contribution in [2.24, 2.45) is 0 Å². The third-order valence-corrected chi connectivity index (χ3v) is 9.81. The maximum absolute atomic E-state index is 2.56. The van der Waals surface area contributed by atoms with Gasteiger partial charge in [0.05, 0.1) is 22.1 Å². The van der Waals surface area contributed by atoms with Gasteiger partial charge in [0.15, 0.2) is 0 Å². The van der Waals surface area contributed by atoms with Crippen molar-refractivity contribution < 1.29 is 0 Å². The quantitative estimate of drug-likeness (QED) is 0.179. The SMILES string of the molecule is CC(C)(C)c1ccc2c(c1)c1cc3c4cc(C(C)(C)C)ccc4n4c3c3c1n2-c1ccccc1B3c1ccccc1-4. The van der Waals surface area contributed by atoms with E-state index in [0.717, 1.165) is 0 Å². The molecule has 0 radical (unpaired) electrons. The molecule has 7 aromatic rings. The van der Waals surface area contributed by atoms with Crippen molar-refractivity contribution in [2.75, 3.05) is 0 Å². The Balaban J connectivity index is 1.58. The number of aromatic nitrogens is 2. The molecule has 0 atom stereocenters. The van der Waals surface area contributed by atoms with E-state index < -0.39 is 0 Å². The van der Waals surface area contributed by atoms with Gasteiger partial charge in [0.1, 0.15) is 0 Å². The molecule has 0 N–H and O–H groups in total. The number of rotatable bonds is 0. The van der Waals surface area contributed by atoms with Crippen LogP contribution in [-0.2, 0) is 10.8 Å². The molecule has 2 aliphatic heterocycles. The fourth-order valence-corrected chi connectivity index (χ4v) is 7.77. The zero-order valence-electron chi connectivity index (χ0n) is 24.6. The highest BCUT2D eigenvalue weighted by atomic mass is 15.0. The predicted octanol–water partition coefficient (Wildman–Crippen LogP) is 7.62. The summed E-state index contributed by atoms with van der Waals surface area (Å²) in [6, 6.07) is 35.0. The Hall–Kier alpha value is -4.24. The molecule has 0 bridgehead atoms. The van der Waals surface area contributed by atoms with E-state index in [1.807, 2.05) is 0 Å². The molecular formula is C38H33BN2. The lowest BCUT2D eigenvalue weighted by Crippen LogP contribution is -2.59. The molecule has 0 saturated heterocycles. The zero-order chi connectivity index (χ0) is 28.0. The smallest absolute Gasteiger partial charge is 0.252 e. The van der Waals surface area contributed by atoms with Crippen LogP contribution in [0.4, 0.5) is 0 Å². The van der Waals surface area contributed by atoms with Crippen molar-refractivity contribution in [1.82, 2.24) is 9.13 Å². The van der Waals surface area contributed by atoms with E-state index in [1.54, 1.807) is 0 Å². The number of nitrogens with zero attached hydrogens (tertiary/aromatic N) is 2. The van der Waals surface area contributed by atoms with Crippen LogP contribution in [0.3, 0.4) is 0 Å². The van der Waals surface area contributed by atoms with Crippen molar-refractivity contribution in [3.63, 3.8) is 0 Å². The summed E-state index contributed by atoms with van der Waals surface area (Å²) in [7, 11) is 0. The highest BCUT2D eigenvalue weighted by molar-refractivity contribution is 7.00. The summed E-state index contributed by atoms with van der Waals surface area (Å²) in [4.78, 5) is 0. The molecule has 9 rings (SSSR count). The van der Waals surface area contributed by atoms with Crippen LogP contribution in [0.5, 0.6) is 0 Å². The molecule has 2 aliphatic rings. The second-order valence-corrected chi connectivity index (χ2v) is 14.3. The number of hydrogen-bond donors (Lipinski definition) is 0. The first-order valence-electron chi connectivity index (χ1n) is 14.9. The molecule has 2 aromatic heterocycles. The third kappa shape index (κ3) is 2.84. The van der Waals surface area contributed by atoms with Gasteiger partial charge in [-0.15, -0.1) is 0 Å². The van der Waals surface area contributed by atoms with Crippen molar-refractivity contribution in [1.29, 1.82) is 0 Å². The van der Waals surface area contributed by atoms with Gasteiger partial charge in [-0.05, 0) is 80.8 Å². The van der Waals surface area contributed by atoms with Crippen LogP contribution in [0.25, 0.3) is 55.0 Å². The van der Waals surface area contributed by atoms with Gasteiger partial charge in [-0.3, -0.25) is 0 Å². The summed E-state index contributed by atoms with van der Waals surface area (Å²) in [5.41, 5.74) is 15.1. The van der Waals surface area contributed by atoms with E-state index in [2.05, 4.69) is 142 Å². The summed E-state index contributed by atoms with van der Waals surface area (Å²) in [6.07, 6.45) is 0.